The maximum absolute atomic E-state index is 13.2. The number of halogens is 1. The summed E-state index contributed by atoms with van der Waals surface area (Å²) in [7, 11) is 0. The molecular formula is C14H15FN4. The fourth-order valence-electron chi connectivity index (χ4n) is 1.81. The number of rotatable bonds is 2. The van der Waals surface area contributed by atoms with E-state index in [0.717, 1.165) is 11.3 Å². The van der Waals surface area contributed by atoms with E-state index in [0.29, 0.717) is 17.2 Å². The number of hydrogen-bond donors (Lipinski definition) is 2. The Labute approximate surface area is 111 Å². The Balaban J connectivity index is 2.43. The SMILES string of the molecule is Cc1cc(C)nc(/N=C(\NN)c2cccc(F)c2)c1. The third kappa shape index (κ3) is 3.35. The Morgan fingerprint density at radius 2 is 2.05 bits per heavy atom. The fraction of sp³-hybridized carbons (Fsp3) is 0.143. The number of hydrogen-bond acceptors (Lipinski definition) is 3. The van der Waals surface area contributed by atoms with Gasteiger partial charge in [0.2, 0.25) is 0 Å². The lowest BCUT2D eigenvalue weighted by atomic mass is 10.2. The van der Waals surface area contributed by atoms with Crippen LogP contribution in [0.5, 0.6) is 0 Å². The van der Waals surface area contributed by atoms with Crippen LogP contribution in [-0.2, 0) is 0 Å². The average Bonchev–Trinajstić information content (AvgIpc) is 2.34. The van der Waals surface area contributed by atoms with E-state index >= 15 is 0 Å². The zero-order valence-corrected chi connectivity index (χ0v) is 10.8. The average molecular weight is 258 g/mol. The molecule has 0 radical (unpaired) electrons. The molecule has 1 heterocycles. The van der Waals surface area contributed by atoms with Crippen molar-refractivity contribution >= 4 is 11.7 Å². The highest BCUT2D eigenvalue weighted by molar-refractivity contribution is 5.99. The molecule has 0 unspecified atom stereocenters. The first kappa shape index (κ1) is 13.2. The van der Waals surface area contributed by atoms with Crippen LogP contribution in [0.25, 0.3) is 0 Å². The Hall–Kier alpha value is -2.27. The second-order valence-electron chi connectivity index (χ2n) is 4.26. The van der Waals surface area contributed by atoms with E-state index in [1.165, 1.54) is 12.1 Å². The molecule has 2 aromatic rings. The molecular weight excluding hydrogens is 243 g/mol. The second kappa shape index (κ2) is 5.58. The second-order valence-corrected chi connectivity index (χ2v) is 4.26. The van der Waals surface area contributed by atoms with Crippen LogP contribution in [0.15, 0.2) is 41.4 Å². The van der Waals surface area contributed by atoms with Crippen LogP contribution in [0.4, 0.5) is 10.2 Å². The van der Waals surface area contributed by atoms with E-state index < -0.39 is 0 Å². The third-order valence-corrected chi connectivity index (χ3v) is 2.55. The molecule has 0 aliphatic carbocycles. The molecule has 1 aromatic heterocycles. The van der Waals surface area contributed by atoms with Crippen molar-refractivity contribution in [2.45, 2.75) is 13.8 Å². The predicted octanol–water partition coefficient (Wildman–Crippen LogP) is 2.38. The molecule has 1 aromatic carbocycles. The monoisotopic (exact) mass is 258 g/mol. The van der Waals surface area contributed by atoms with Gasteiger partial charge in [-0.2, -0.15) is 0 Å². The molecule has 2 rings (SSSR count). The van der Waals surface area contributed by atoms with Gasteiger partial charge in [0.1, 0.15) is 11.7 Å². The lowest BCUT2D eigenvalue weighted by molar-refractivity contribution is 0.627. The van der Waals surface area contributed by atoms with Crippen molar-refractivity contribution in [1.82, 2.24) is 10.4 Å². The van der Waals surface area contributed by atoms with Gasteiger partial charge in [0.15, 0.2) is 5.82 Å². The minimum atomic E-state index is -0.339. The highest BCUT2D eigenvalue weighted by Crippen LogP contribution is 2.14. The highest BCUT2D eigenvalue weighted by Gasteiger charge is 2.04. The Bertz CT molecular complexity index is 602. The quantitative estimate of drug-likeness (QED) is 0.376. The summed E-state index contributed by atoms with van der Waals surface area (Å²) in [6.07, 6.45) is 0. The van der Waals surface area contributed by atoms with Gasteiger partial charge in [0, 0.05) is 11.3 Å². The number of aliphatic imine (C=N–C) groups is 1. The van der Waals surface area contributed by atoms with Crippen LogP contribution in [0, 0.1) is 19.7 Å². The van der Waals surface area contributed by atoms with Crippen LogP contribution >= 0.6 is 0 Å². The number of nitrogens with zero attached hydrogens (tertiary/aromatic N) is 2. The van der Waals surface area contributed by atoms with Gasteiger partial charge >= 0.3 is 0 Å². The molecule has 98 valence electrons. The third-order valence-electron chi connectivity index (χ3n) is 2.55. The van der Waals surface area contributed by atoms with Crippen molar-refractivity contribution in [2.24, 2.45) is 10.8 Å². The van der Waals surface area contributed by atoms with E-state index in [1.807, 2.05) is 26.0 Å². The topological polar surface area (TPSA) is 63.3 Å². The minimum absolute atomic E-state index is 0.339. The summed E-state index contributed by atoms with van der Waals surface area (Å²) in [5, 5.41) is 0. The van der Waals surface area contributed by atoms with Gasteiger partial charge in [-0.05, 0) is 43.7 Å². The number of aromatic nitrogens is 1. The van der Waals surface area contributed by atoms with E-state index in [1.54, 1.807) is 12.1 Å². The highest BCUT2D eigenvalue weighted by atomic mass is 19.1. The van der Waals surface area contributed by atoms with Crippen molar-refractivity contribution < 1.29 is 4.39 Å². The van der Waals surface area contributed by atoms with Crippen LogP contribution in [-0.4, -0.2) is 10.8 Å². The molecule has 0 spiro atoms. The number of nitrogens with one attached hydrogen (secondary N) is 1. The Kier molecular flexibility index (Phi) is 3.87. The number of benzene rings is 1. The summed E-state index contributed by atoms with van der Waals surface area (Å²) in [5.74, 6) is 6.02. The summed E-state index contributed by atoms with van der Waals surface area (Å²) in [4.78, 5) is 8.61. The first-order chi connectivity index (χ1) is 9.08. The van der Waals surface area contributed by atoms with Crippen molar-refractivity contribution in [3.05, 3.63) is 59.0 Å². The summed E-state index contributed by atoms with van der Waals surface area (Å²) in [6, 6.07) is 9.85. The predicted molar refractivity (Wildman–Crippen MR) is 73.6 cm³/mol. The molecule has 0 saturated carbocycles. The molecule has 0 bridgehead atoms. The maximum Gasteiger partial charge on any atom is 0.154 e. The lowest BCUT2D eigenvalue weighted by Gasteiger charge is -2.06. The maximum atomic E-state index is 13.2. The molecule has 3 N–H and O–H groups in total. The Morgan fingerprint density at radius 3 is 2.68 bits per heavy atom. The smallest absolute Gasteiger partial charge is 0.154 e. The van der Waals surface area contributed by atoms with E-state index in [9.17, 15) is 4.39 Å². The van der Waals surface area contributed by atoms with Gasteiger partial charge < -0.3 is 5.43 Å². The van der Waals surface area contributed by atoms with Crippen LogP contribution in [0.3, 0.4) is 0 Å². The van der Waals surface area contributed by atoms with E-state index in [-0.39, 0.29) is 5.82 Å². The largest absolute Gasteiger partial charge is 0.308 e. The van der Waals surface area contributed by atoms with Crippen LogP contribution in [0.2, 0.25) is 0 Å². The van der Waals surface area contributed by atoms with Crippen LogP contribution in [0.1, 0.15) is 16.8 Å². The molecule has 0 atom stereocenters. The normalized spacial score (nSPS) is 11.5. The molecule has 19 heavy (non-hydrogen) atoms. The molecule has 0 aliphatic heterocycles. The molecule has 4 nitrogen and oxygen atoms in total. The molecule has 0 aliphatic rings. The fourth-order valence-corrected chi connectivity index (χ4v) is 1.81. The summed E-state index contributed by atoms with van der Waals surface area (Å²) < 4.78 is 13.2. The number of pyridine rings is 1. The zero-order valence-electron chi connectivity index (χ0n) is 10.8. The number of nitrogens with two attached hydrogens (primary N) is 1. The van der Waals surface area contributed by atoms with Crippen molar-refractivity contribution in [3.63, 3.8) is 0 Å². The first-order valence-electron chi connectivity index (χ1n) is 5.85. The summed E-state index contributed by atoms with van der Waals surface area (Å²) in [6.45, 7) is 3.86. The van der Waals surface area contributed by atoms with E-state index in [4.69, 9.17) is 5.84 Å². The lowest BCUT2D eigenvalue weighted by Crippen LogP contribution is -2.31. The van der Waals surface area contributed by atoms with Gasteiger partial charge in [-0.3, -0.25) is 0 Å². The number of hydrazine groups is 1. The van der Waals surface area contributed by atoms with E-state index in [2.05, 4.69) is 15.4 Å². The summed E-state index contributed by atoms with van der Waals surface area (Å²) in [5.41, 5.74) is 4.98. The van der Waals surface area contributed by atoms with Gasteiger partial charge in [0.25, 0.3) is 0 Å². The molecule has 0 amide bonds. The number of amidine groups is 1. The van der Waals surface area contributed by atoms with Gasteiger partial charge in [-0.25, -0.2) is 20.2 Å². The van der Waals surface area contributed by atoms with Gasteiger partial charge in [-0.1, -0.05) is 12.1 Å². The molecule has 0 saturated heterocycles. The summed E-state index contributed by atoms with van der Waals surface area (Å²) >= 11 is 0. The zero-order chi connectivity index (χ0) is 13.8. The van der Waals surface area contributed by atoms with Crippen molar-refractivity contribution in [1.29, 1.82) is 0 Å². The Morgan fingerprint density at radius 1 is 1.26 bits per heavy atom. The molecule has 5 heteroatoms. The first-order valence-corrected chi connectivity index (χ1v) is 5.85. The van der Waals surface area contributed by atoms with Crippen molar-refractivity contribution in [2.75, 3.05) is 0 Å². The minimum Gasteiger partial charge on any atom is -0.308 e. The van der Waals surface area contributed by atoms with Crippen LogP contribution < -0.4 is 11.3 Å². The van der Waals surface area contributed by atoms with Crippen molar-refractivity contribution in [3.8, 4) is 0 Å². The standard InChI is InChI=1S/C14H15FN4/c1-9-6-10(2)17-13(7-9)18-14(19-16)11-4-3-5-12(15)8-11/h3-8H,16H2,1-2H3,(H,17,18,19). The van der Waals surface area contributed by atoms with Gasteiger partial charge in [0.05, 0.1) is 0 Å². The van der Waals surface area contributed by atoms with Gasteiger partial charge in [-0.15, -0.1) is 0 Å². The number of aryl methyl sites for hydroxylation is 2. The molecule has 0 fully saturated rings.